The van der Waals surface area contributed by atoms with Crippen molar-refractivity contribution >= 4 is 17.3 Å². The molecule has 116 valence electrons. The zero-order chi connectivity index (χ0) is 16.4. The van der Waals surface area contributed by atoms with Crippen molar-refractivity contribution in [3.05, 3.63) is 74.0 Å². The minimum Gasteiger partial charge on any atom is -0.337 e. The maximum Gasteiger partial charge on any atom is 0.285 e. The van der Waals surface area contributed by atoms with Gasteiger partial charge in [0.15, 0.2) is 0 Å². The van der Waals surface area contributed by atoms with Crippen LogP contribution in [0.2, 0.25) is 5.02 Å². The largest absolute Gasteiger partial charge is 0.337 e. The maximum atomic E-state index is 11.8. The Morgan fingerprint density at radius 1 is 1.26 bits per heavy atom. The van der Waals surface area contributed by atoms with Gasteiger partial charge >= 0.3 is 0 Å². The molecule has 23 heavy (non-hydrogen) atoms. The van der Waals surface area contributed by atoms with Crippen LogP contribution in [0.25, 0.3) is 11.4 Å². The summed E-state index contributed by atoms with van der Waals surface area (Å²) >= 11 is 6.06. The molecule has 0 N–H and O–H groups in total. The Kier molecular flexibility index (Phi) is 3.90. The van der Waals surface area contributed by atoms with Gasteiger partial charge < -0.3 is 4.52 Å². The molecule has 0 aliphatic heterocycles. The van der Waals surface area contributed by atoms with Crippen molar-refractivity contribution in [1.29, 1.82) is 0 Å². The molecule has 3 aromatic rings. The van der Waals surface area contributed by atoms with Crippen molar-refractivity contribution < 1.29 is 9.45 Å². The Bertz CT molecular complexity index is 934. The van der Waals surface area contributed by atoms with Gasteiger partial charge in [-0.2, -0.15) is 4.98 Å². The average molecular weight is 333 g/mol. The second-order valence-electron chi connectivity index (χ2n) is 4.60. The van der Waals surface area contributed by atoms with Crippen LogP contribution in [0.15, 0.2) is 51.9 Å². The third kappa shape index (κ3) is 3.11. The maximum absolute atomic E-state index is 11.8. The summed E-state index contributed by atoms with van der Waals surface area (Å²) in [5.74, 6) is 0.423. The monoisotopic (exact) mass is 332 g/mol. The molecule has 2 aromatic heterocycles. The minimum atomic E-state index is -0.584. The number of rotatable bonds is 4. The standard InChI is InChI=1S/C14H9ClN4O4/c15-11-4-2-1-3-10(11)14-16-12(23-17-14)8-18-7-9(19(21)22)5-6-13(18)20/h1-7H,8H2. The van der Waals surface area contributed by atoms with Gasteiger partial charge in [-0.05, 0) is 12.1 Å². The highest BCUT2D eigenvalue weighted by Gasteiger charge is 2.14. The Morgan fingerprint density at radius 2 is 2.04 bits per heavy atom. The van der Waals surface area contributed by atoms with Gasteiger partial charge in [0.1, 0.15) is 6.54 Å². The SMILES string of the molecule is O=c1ccc([N+](=O)[O-])cn1Cc1nc(-c2ccccc2Cl)no1. The zero-order valence-corrected chi connectivity index (χ0v) is 12.3. The number of halogens is 1. The molecule has 8 nitrogen and oxygen atoms in total. The average Bonchev–Trinajstić information content (AvgIpc) is 2.98. The summed E-state index contributed by atoms with van der Waals surface area (Å²) < 4.78 is 6.21. The molecule has 1 aromatic carbocycles. The molecular formula is C14H9ClN4O4. The molecular weight excluding hydrogens is 324 g/mol. The van der Waals surface area contributed by atoms with Crippen LogP contribution in [0.1, 0.15) is 5.89 Å². The molecule has 0 aliphatic rings. The third-order valence-corrected chi connectivity index (χ3v) is 3.40. The van der Waals surface area contributed by atoms with Crippen molar-refractivity contribution in [3.63, 3.8) is 0 Å². The van der Waals surface area contributed by atoms with Crippen LogP contribution in [-0.4, -0.2) is 19.6 Å². The van der Waals surface area contributed by atoms with Gasteiger partial charge in [-0.1, -0.05) is 28.9 Å². The normalized spacial score (nSPS) is 10.7. The predicted molar refractivity (Wildman–Crippen MR) is 81.2 cm³/mol. The molecule has 0 atom stereocenters. The minimum absolute atomic E-state index is 0.0715. The molecule has 0 unspecified atom stereocenters. The van der Waals surface area contributed by atoms with Gasteiger partial charge in [-0.15, -0.1) is 0 Å². The van der Waals surface area contributed by atoms with E-state index >= 15 is 0 Å². The van der Waals surface area contributed by atoms with Crippen LogP contribution in [-0.2, 0) is 6.54 Å². The van der Waals surface area contributed by atoms with E-state index in [1.54, 1.807) is 24.3 Å². The second kappa shape index (κ2) is 6.01. The van der Waals surface area contributed by atoms with Gasteiger partial charge in [0.2, 0.25) is 11.7 Å². The van der Waals surface area contributed by atoms with E-state index in [-0.39, 0.29) is 23.9 Å². The number of nitro groups is 1. The molecule has 9 heteroatoms. The summed E-state index contributed by atoms with van der Waals surface area (Å²) in [5, 5.41) is 15.0. The molecule has 0 aliphatic carbocycles. The number of nitrogens with zero attached hydrogens (tertiary/aromatic N) is 4. The van der Waals surface area contributed by atoms with E-state index in [2.05, 4.69) is 10.1 Å². The van der Waals surface area contributed by atoms with E-state index in [0.717, 1.165) is 22.9 Å². The second-order valence-corrected chi connectivity index (χ2v) is 5.01. The van der Waals surface area contributed by atoms with Crippen molar-refractivity contribution in [3.8, 4) is 11.4 Å². The van der Waals surface area contributed by atoms with Crippen LogP contribution >= 0.6 is 11.6 Å². The smallest absolute Gasteiger partial charge is 0.285 e. The van der Waals surface area contributed by atoms with Crippen LogP contribution < -0.4 is 5.56 Å². The lowest BCUT2D eigenvalue weighted by molar-refractivity contribution is -0.385. The van der Waals surface area contributed by atoms with Gasteiger partial charge in [0, 0.05) is 17.7 Å². The Hall–Kier alpha value is -3.00. The van der Waals surface area contributed by atoms with Gasteiger partial charge in [0.05, 0.1) is 16.1 Å². The molecule has 0 bridgehead atoms. The van der Waals surface area contributed by atoms with Crippen molar-refractivity contribution in [2.45, 2.75) is 6.54 Å². The molecule has 0 radical (unpaired) electrons. The predicted octanol–water partition coefficient (Wildman–Crippen LogP) is 2.51. The van der Waals surface area contributed by atoms with Crippen LogP contribution in [0.4, 0.5) is 5.69 Å². The molecule has 0 saturated carbocycles. The summed E-state index contributed by atoms with van der Waals surface area (Å²) in [5.41, 5.74) is -0.0147. The fourth-order valence-electron chi connectivity index (χ4n) is 1.97. The topological polar surface area (TPSA) is 104 Å². The summed E-state index contributed by atoms with van der Waals surface area (Å²) in [6, 6.07) is 9.23. The quantitative estimate of drug-likeness (QED) is 0.537. The van der Waals surface area contributed by atoms with E-state index in [0.29, 0.717) is 10.6 Å². The van der Waals surface area contributed by atoms with E-state index in [1.807, 2.05) is 0 Å². The van der Waals surface area contributed by atoms with E-state index < -0.39 is 10.5 Å². The number of benzene rings is 1. The highest BCUT2D eigenvalue weighted by Crippen LogP contribution is 2.24. The highest BCUT2D eigenvalue weighted by atomic mass is 35.5. The van der Waals surface area contributed by atoms with E-state index in [9.17, 15) is 14.9 Å². The number of aromatic nitrogens is 3. The van der Waals surface area contributed by atoms with Crippen LogP contribution in [0, 0.1) is 10.1 Å². The number of hydrogen-bond donors (Lipinski definition) is 0. The Balaban J connectivity index is 1.91. The van der Waals surface area contributed by atoms with Crippen LogP contribution in [0.5, 0.6) is 0 Å². The Labute approximate surface area is 134 Å². The first-order valence-corrected chi connectivity index (χ1v) is 6.85. The summed E-state index contributed by atoms with van der Waals surface area (Å²) in [4.78, 5) is 26.1. The molecule has 0 spiro atoms. The van der Waals surface area contributed by atoms with Crippen molar-refractivity contribution in [1.82, 2.24) is 14.7 Å². The van der Waals surface area contributed by atoms with Crippen molar-refractivity contribution in [2.75, 3.05) is 0 Å². The fraction of sp³-hybridized carbons (Fsp3) is 0.0714. The molecule has 2 heterocycles. The van der Waals surface area contributed by atoms with Crippen molar-refractivity contribution in [2.24, 2.45) is 0 Å². The zero-order valence-electron chi connectivity index (χ0n) is 11.5. The lowest BCUT2D eigenvalue weighted by atomic mass is 10.2. The van der Waals surface area contributed by atoms with E-state index in [1.165, 1.54) is 0 Å². The highest BCUT2D eigenvalue weighted by molar-refractivity contribution is 6.33. The molecule has 3 rings (SSSR count). The molecule has 0 saturated heterocycles. The molecule has 0 fully saturated rings. The summed E-state index contributed by atoms with van der Waals surface area (Å²) in [7, 11) is 0. The number of pyridine rings is 1. The fourth-order valence-corrected chi connectivity index (χ4v) is 2.19. The summed E-state index contributed by atoms with van der Waals surface area (Å²) in [6.45, 7) is -0.0715. The lowest BCUT2D eigenvalue weighted by Crippen LogP contribution is -2.19. The lowest BCUT2D eigenvalue weighted by Gasteiger charge is -2.00. The first-order valence-electron chi connectivity index (χ1n) is 6.47. The first kappa shape index (κ1) is 14.9. The van der Waals surface area contributed by atoms with Gasteiger partial charge in [-0.3, -0.25) is 19.5 Å². The van der Waals surface area contributed by atoms with Gasteiger partial charge in [0.25, 0.3) is 11.2 Å². The Morgan fingerprint density at radius 3 is 2.78 bits per heavy atom. The molecule has 0 amide bonds. The van der Waals surface area contributed by atoms with Crippen LogP contribution in [0.3, 0.4) is 0 Å². The number of hydrogen-bond acceptors (Lipinski definition) is 6. The first-order chi connectivity index (χ1) is 11.0. The van der Waals surface area contributed by atoms with E-state index in [4.69, 9.17) is 16.1 Å². The van der Waals surface area contributed by atoms with Gasteiger partial charge in [-0.25, -0.2) is 0 Å². The summed E-state index contributed by atoms with van der Waals surface area (Å²) in [6.07, 6.45) is 1.13. The third-order valence-electron chi connectivity index (χ3n) is 3.07.